The molecule has 4 nitrogen and oxygen atoms in total. The van der Waals surface area contributed by atoms with E-state index in [-0.39, 0.29) is 24.1 Å². The third-order valence-corrected chi connectivity index (χ3v) is 2.42. The summed E-state index contributed by atoms with van der Waals surface area (Å²) < 4.78 is 36.9. The molecule has 0 aliphatic carbocycles. The first kappa shape index (κ1) is 13.3. The van der Waals surface area contributed by atoms with Gasteiger partial charge in [-0.25, -0.2) is 4.98 Å². The first-order chi connectivity index (χ1) is 7.51. The molecule has 1 aromatic heterocycles. The third-order valence-electron chi connectivity index (χ3n) is 1.70. The lowest BCUT2D eigenvalue weighted by molar-refractivity contribution is -0.0328. The minimum Gasteiger partial charge on any atom is -0.310 e. The van der Waals surface area contributed by atoms with E-state index >= 15 is 0 Å². The smallest absolute Gasteiger partial charge is 0.310 e. The van der Waals surface area contributed by atoms with Gasteiger partial charge in [-0.2, -0.15) is 18.3 Å². The van der Waals surface area contributed by atoms with E-state index in [0.717, 1.165) is 6.54 Å². The molecule has 1 aromatic rings. The molecule has 0 spiro atoms. The van der Waals surface area contributed by atoms with Crippen molar-refractivity contribution in [2.45, 2.75) is 25.5 Å². The summed E-state index contributed by atoms with van der Waals surface area (Å²) in [7, 11) is 0. The normalized spacial score (nSPS) is 12.0. The second kappa shape index (κ2) is 6.09. The van der Waals surface area contributed by atoms with Gasteiger partial charge in [0.1, 0.15) is 6.33 Å². The quantitative estimate of drug-likeness (QED) is 0.838. The fraction of sp³-hybridized carbons (Fsp3) is 0.750. The Morgan fingerprint density at radius 1 is 1.50 bits per heavy atom. The largest absolute Gasteiger partial charge is 0.441 e. The molecule has 0 saturated carbocycles. The van der Waals surface area contributed by atoms with Gasteiger partial charge in [0.05, 0.1) is 13.1 Å². The van der Waals surface area contributed by atoms with Crippen molar-refractivity contribution >= 4 is 11.8 Å². The number of hydrogen-bond acceptors (Lipinski definition) is 4. The van der Waals surface area contributed by atoms with Crippen LogP contribution in [-0.2, 0) is 13.1 Å². The van der Waals surface area contributed by atoms with Crippen LogP contribution in [0.25, 0.3) is 0 Å². The van der Waals surface area contributed by atoms with Gasteiger partial charge >= 0.3 is 5.51 Å². The molecule has 0 radical (unpaired) electrons. The average Bonchev–Trinajstić information content (AvgIpc) is 2.61. The summed E-state index contributed by atoms with van der Waals surface area (Å²) in [4.78, 5) is 3.97. The van der Waals surface area contributed by atoms with Crippen LogP contribution < -0.4 is 5.32 Å². The van der Waals surface area contributed by atoms with Crippen LogP contribution in [0, 0.1) is 0 Å². The molecule has 0 fully saturated rings. The lowest BCUT2D eigenvalue weighted by Gasteiger charge is -2.04. The van der Waals surface area contributed by atoms with Crippen molar-refractivity contribution < 1.29 is 13.2 Å². The van der Waals surface area contributed by atoms with Crippen LogP contribution in [0.3, 0.4) is 0 Å². The molecule has 0 atom stereocenters. The Kier molecular flexibility index (Phi) is 5.07. The summed E-state index contributed by atoms with van der Waals surface area (Å²) in [6.07, 6.45) is 1.45. The number of nitrogens with zero attached hydrogens (tertiary/aromatic N) is 3. The average molecular weight is 254 g/mol. The van der Waals surface area contributed by atoms with Crippen molar-refractivity contribution in [3.05, 3.63) is 12.2 Å². The van der Waals surface area contributed by atoms with Crippen LogP contribution in [0.15, 0.2) is 6.33 Å². The molecule has 16 heavy (non-hydrogen) atoms. The van der Waals surface area contributed by atoms with Crippen molar-refractivity contribution in [3.8, 4) is 0 Å². The van der Waals surface area contributed by atoms with Crippen molar-refractivity contribution in [2.24, 2.45) is 0 Å². The molecule has 0 bridgehead atoms. The molecular formula is C8H13F3N4S. The van der Waals surface area contributed by atoms with Gasteiger partial charge in [0, 0.05) is 5.75 Å². The maximum Gasteiger partial charge on any atom is 0.441 e. The van der Waals surface area contributed by atoms with E-state index in [1.165, 1.54) is 11.0 Å². The first-order valence-corrected chi connectivity index (χ1v) is 5.79. The maximum absolute atomic E-state index is 11.8. The van der Waals surface area contributed by atoms with E-state index < -0.39 is 5.51 Å². The summed E-state index contributed by atoms with van der Waals surface area (Å²) in [5, 5.41) is 7.06. The fourth-order valence-corrected chi connectivity index (χ4v) is 1.52. The van der Waals surface area contributed by atoms with E-state index in [1.54, 1.807) is 0 Å². The standard InChI is InChI=1S/C8H13F3N4S/c1-2-12-5-7-13-6-15(14-7)3-4-16-8(9,10)11/h6,12H,2-5H2,1H3. The number of aryl methyl sites for hydroxylation is 1. The van der Waals surface area contributed by atoms with E-state index in [2.05, 4.69) is 15.4 Å². The van der Waals surface area contributed by atoms with Crippen molar-refractivity contribution in [2.75, 3.05) is 12.3 Å². The number of hydrogen-bond donors (Lipinski definition) is 1. The summed E-state index contributed by atoms with van der Waals surface area (Å²) in [5.74, 6) is 0.548. The minimum absolute atomic E-state index is 0.0481. The van der Waals surface area contributed by atoms with Gasteiger partial charge in [-0.3, -0.25) is 4.68 Å². The number of halogens is 3. The molecule has 1 rings (SSSR count). The molecule has 0 saturated heterocycles. The number of aromatic nitrogens is 3. The highest BCUT2D eigenvalue weighted by atomic mass is 32.2. The Morgan fingerprint density at radius 2 is 2.25 bits per heavy atom. The lowest BCUT2D eigenvalue weighted by atomic mass is 10.6. The van der Waals surface area contributed by atoms with Crippen LogP contribution in [0.4, 0.5) is 13.2 Å². The summed E-state index contributed by atoms with van der Waals surface area (Å²) in [6, 6.07) is 0. The molecular weight excluding hydrogens is 241 g/mol. The summed E-state index contributed by atoms with van der Waals surface area (Å²) in [6.45, 7) is 3.51. The van der Waals surface area contributed by atoms with Gasteiger partial charge in [0.2, 0.25) is 0 Å². The lowest BCUT2D eigenvalue weighted by Crippen LogP contribution is -2.13. The predicted molar refractivity (Wildman–Crippen MR) is 55.9 cm³/mol. The van der Waals surface area contributed by atoms with Gasteiger partial charge in [-0.05, 0) is 18.3 Å². The summed E-state index contributed by atoms with van der Waals surface area (Å²) >= 11 is -0.0487. The van der Waals surface area contributed by atoms with Crippen molar-refractivity contribution in [1.29, 1.82) is 0 Å². The van der Waals surface area contributed by atoms with Gasteiger partial charge in [0.25, 0.3) is 0 Å². The van der Waals surface area contributed by atoms with Gasteiger partial charge in [-0.15, -0.1) is 0 Å². The Balaban J connectivity index is 2.29. The zero-order chi connectivity index (χ0) is 12.0. The molecule has 0 unspecified atom stereocenters. The molecule has 0 aliphatic heterocycles. The van der Waals surface area contributed by atoms with Gasteiger partial charge in [0.15, 0.2) is 5.82 Å². The van der Waals surface area contributed by atoms with Crippen LogP contribution in [-0.4, -0.2) is 32.6 Å². The Morgan fingerprint density at radius 3 is 2.88 bits per heavy atom. The Labute approximate surface area is 95.6 Å². The second-order valence-corrected chi connectivity index (χ2v) is 4.16. The Hall–Kier alpha value is -0.760. The highest BCUT2D eigenvalue weighted by molar-refractivity contribution is 8.00. The summed E-state index contributed by atoms with van der Waals surface area (Å²) in [5.41, 5.74) is -4.17. The zero-order valence-corrected chi connectivity index (χ0v) is 9.61. The number of nitrogens with one attached hydrogen (secondary N) is 1. The topological polar surface area (TPSA) is 42.7 Å². The number of alkyl halides is 3. The van der Waals surface area contributed by atoms with E-state index in [0.29, 0.717) is 12.4 Å². The van der Waals surface area contributed by atoms with Crippen molar-refractivity contribution in [1.82, 2.24) is 20.1 Å². The SMILES string of the molecule is CCNCc1ncn(CCSC(F)(F)F)n1. The Bertz CT molecular complexity index is 312. The van der Waals surface area contributed by atoms with Crippen LogP contribution in [0.5, 0.6) is 0 Å². The maximum atomic E-state index is 11.8. The molecule has 1 heterocycles. The van der Waals surface area contributed by atoms with Crippen LogP contribution in [0.2, 0.25) is 0 Å². The molecule has 0 aromatic carbocycles. The van der Waals surface area contributed by atoms with Gasteiger partial charge < -0.3 is 5.32 Å². The van der Waals surface area contributed by atoms with Gasteiger partial charge in [-0.1, -0.05) is 6.92 Å². The van der Waals surface area contributed by atoms with E-state index in [1.807, 2.05) is 6.92 Å². The minimum atomic E-state index is -4.17. The van der Waals surface area contributed by atoms with Crippen molar-refractivity contribution in [3.63, 3.8) is 0 Å². The first-order valence-electron chi connectivity index (χ1n) is 4.81. The highest BCUT2D eigenvalue weighted by Gasteiger charge is 2.27. The van der Waals surface area contributed by atoms with Crippen LogP contribution in [0.1, 0.15) is 12.7 Å². The molecule has 0 amide bonds. The van der Waals surface area contributed by atoms with Crippen LogP contribution >= 0.6 is 11.8 Å². The van der Waals surface area contributed by atoms with E-state index in [4.69, 9.17) is 0 Å². The number of rotatable bonds is 6. The number of thioether (sulfide) groups is 1. The zero-order valence-electron chi connectivity index (χ0n) is 8.79. The monoisotopic (exact) mass is 254 g/mol. The fourth-order valence-electron chi connectivity index (χ4n) is 1.01. The molecule has 92 valence electrons. The molecule has 0 aliphatic rings. The third kappa shape index (κ3) is 5.36. The van der Waals surface area contributed by atoms with E-state index in [9.17, 15) is 13.2 Å². The predicted octanol–water partition coefficient (Wildman–Crippen LogP) is 1.64. The highest BCUT2D eigenvalue weighted by Crippen LogP contribution is 2.29. The second-order valence-electron chi connectivity index (χ2n) is 3.00. The molecule has 1 N–H and O–H groups in total. The molecule has 8 heteroatoms.